The summed E-state index contributed by atoms with van der Waals surface area (Å²) in [6.07, 6.45) is 3.03. The van der Waals surface area contributed by atoms with Gasteiger partial charge in [0, 0.05) is 52.2 Å². The van der Waals surface area contributed by atoms with Gasteiger partial charge in [-0.3, -0.25) is 9.59 Å². The first-order valence-corrected chi connectivity index (χ1v) is 12.2. The van der Waals surface area contributed by atoms with Crippen LogP contribution in [-0.4, -0.2) is 35.3 Å². The van der Waals surface area contributed by atoms with Gasteiger partial charge in [0.25, 0.3) is 0 Å². The van der Waals surface area contributed by atoms with Gasteiger partial charge in [0.05, 0.1) is 19.9 Å². The maximum atomic E-state index is 13.1. The third-order valence-corrected chi connectivity index (χ3v) is 6.98. The van der Waals surface area contributed by atoms with E-state index in [1.54, 1.807) is 36.6 Å². The molecule has 7 heteroatoms. The molecule has 2 heterocycles. The number of aryl methyl sites for hydroxylation is 2. The fraction of sp³-hybridized carbons (Fsp3) is 0.296. The van der Waals surface area contributed by atoms with Gasteiger partial charge >= 0.3 is 0 Å². The first-order chi connectivity index (χ1) is 16.5. The second kappa shape index (κ2) is 10.2. The van der Waals surface area contributed by atoms with Gasteiger partial charge in [-0.1, -0.05) is 25.1 Å². The molecular weight excluding hydrogens is 448 g/mol. The molecule has 0 aliphatic rings. The number of fused-ring (bicyclic) bond motifs is 1. The van der Waals surface area contributed by atoms with Crippen LogP contribution in [0.3, 0.4) is 0 Å². The highest BCUT2D eigenvalue weighted by atomic mass is 32.1. The van der Waals surface area contributed by atoms with Crippen LogP contribution >= 0.6 is 11.3 Å². The average molecular weight is 477 g/mol. The minimum absolute atomic E-state index is 0.0941. The summed E-state index contributed by atoms with van der Waals surface area (Å²) in [6.45, 7) is 4.86. The van der Waals surface area contributed by atoms with Crippen LogP contribution in [0.2, 0.25) is 0 Å². The number of hydrogen-bond acceptors (Lipinski definition) is 6. The number of imidazole rings is 1. The van der Waals surface area contributed by atoms with Gasteiger partial charge in [-0.2, -0.15) is 0 Å². The van der Waals surface area contributed by atoms with E-state index in [0.717, 1.165) is 23.1 Å². The van der Waals surface area contributed by atoms with Crippen LogP contribution in [0, 0.1) is 6.92 Å². The summed E-state index contributed by atoms with van der Waals surface area (Å²) in [6, 6.07) is 11.3. The first-order valence-electron chi connectivity index (χ1n) is 11.3. The van der Waals surface area contributed by atoms with Crippen molar-refractivity contribution in [3.05, 3.63) is 64.9 Å². The Hall–Kier alpha value is -3.45. The Balaban J connectivity index is 1.55. The number of ketones is 2. The smallest absolute Gasteiger partial charge is 0.198 e. The number of ether oxygens (including phenoxy) is 2. The van der Waals surface area contributed by atoms with Gasteiger partial charge in [0.15, 0.2) is 28.9 Å². The van der Waals surface area contributed by atoms with E-state index in [0.29, 0.717) is 29.4 Å². The van der Waals surface area contributed by atoms with E-state index in [9.17, 15) is 9.59 Å². The third-order valence-electron chi connectivity index (χ3n) is 5.85. The summed E-state index contributed by atoms with van der Waals surface area (Å²) >= 11 is 1.69. The Bertz CT molecular complexity index is 1350. The van der Waals surface area contributed by atoms with Crippen LogP contribution in [-0.2, 0) is 6.54 Å². The van der Waals surface area contributed by atoms with Crippen molar-refractivity contribution in [2.45, 2.75) is 39.7 Å². The third kappa shape index (κ3) is 4.61. The quantitative estimate of drug-likeness (QED) is 0.250. The molecule has 0 N–H and O–H groups in total. The van der Waals surface area contributed by atoms with Crippen LogP contribution in [0.25, 0.3) is 21.3 Å². The highest BCUT2D eigenvalue weighted by Crippen LogP contribution is 2.35. The van der Waals surface area contributed by atoms with Crippen molar-refractivity contribution >= 4 is 33.0 Å². The standard InChI is InChI=1S/C27H28N2O4S/c1-5-13-29-15-21(20-16-34-26-17(2)7-6-8-19(20)26)28-27(29)23(31)11-10-22(30)18-9-12-24(32-3)25(14-18)33-4/h6-9,12,14-16H,5,10-11,13H2,1-4H3. The maximum absolute atomic E-state index is 13.1. The van der Waals surface area contributed by atoms with Crippen LogP contribution in [0.15, 0.2) is 48.0 Å². The van der Waals surface area contributed by atoms with E-state index in [4.69, 9.17) is 14.5 Å². The number of thiophene rings is 1. The second-order valence-corrected chi connectivity index (χ2v) is 9.04. The van der Waals surface area contributed by atoms with Crippen molar-refractivity contribution in [1.29, 1.82) is 0 Å². The lowest BCUT2D eigenvalue weighted by Gasteiger charge is -2.09. The second-order valence-electron chi connectivity index (χ2n) is 8.16. The van der Waals surface area contributed by atoms with E-state index < -0.39 is 0 Å². The molecule has 0 aliphatic carbocycles. The molecule has 0 unspecified atom stereocenters. The first kappa shape index (κ1) is 23.7. The molecule has 0 saturated carbocycles. The Morgan fingerprint density at radius 2 is 1.79 bits per heavy atom. The molecule has 4 aromatic rings. The van der Waals surface area contributed by atoms with Gasteiger partial charge in [0.1, 0.15) is 0 Å². The lowest BCUT2D eigenvalue weighted by Crippen LogP contribution is -2.12. The predicted molar refractivity (Wildman–Crippen MR) is 136 cm³/mol. The molecule has 0 amide bonds. The van der Waals surface area contributed by atoms with Crippen LogP contribution in [0.5, 0.6) is 11.5 Å². The van der Waals surface area contributed by atoms with Crippen LogP contribution in [0.4, 0.5) is 0 Å². The summed E-state index contributed by atoms with van der Waals surface area (Å²) in [5.41, 5.74) is 3.55. The van der Waals surface area contributed by atoms with E-state index in [1.165, 1.54) is 17.4 Å². The summed E-state index contributed by atoms with van der Waals surface area (Å²) < 4.78 is 13.7. The fourth-order valence-corrected chi connectivity index (χ4v) is 5.12. The van der Waals surface area contributed by atoms with Crippen molar-refractivity contribution in [2.24, 2.45) is 0 Å². The van der Waals surface area contributed by atoms with Crippen molar-refractivity contribution in [3.63, 3.8) is 0 Å². The summed E-state index contributed by atoms with van der Waals surface area (Å²) in [5.74, 6) is 1.19. The molecule has 0 fully saturated rings. The molecule has 34 heavy (non-hydrogen) atoms. The summed E-state index contributed by atoms with van der Waals surface area (Å²) in [5, 5.41) is 3.25. The SMILES string of the molecule is CCCn1cc(-c2csc3c(C)cccc23)nc1C(=O)CCC(=O)c1ccc(OC)c(OC)c1. The number of hydrogen-bond donors (Lipinski definition) is 0. The largest absolute Gasteiger partial charge is 0.493 e. The van der Waals surface area contributed by atoms with Crippen molar-refractivity contribution < 1.29 is 19.1 Å². The van der Waals surface area contributed by atoms with Gasteiger partial charge < -0.3 is 14.0 Å². The number of aromatic nitrogens is 2. The Kier molecular flexibility index (Phi) is 7.12. The molecule has 0 radical (unpaired) electrons. The molecule has 2 aromatic heterocycles. The predicted octanol–water partition coefficient (Wildman–Crippen LogP) is 6.35. The Morgan fingerprint density at radius 3 is 2.53 bits per heavy atom. The van der Waals surface area contributed by atoms with Crippen molar-refractivity contribution in [2.75, 3.05) is 14.2 Å². The number of carbonyl (C=O) groups excluding carboxylic acids is 2. The molecule has 4 rings (SSSR count). The Labute approximate surface area is 203 Å². The van der Waals surface area contributed by atoms with Gasteiger partial charge in [0.2, 0.25) is 0 Å². The monoisotopic (exact) mass is 476 g/mol. The van der Waals surface area contributed by atoms with E-state index >= 15 is 0 Å². The highest BCUT2D eigenvalue weighted by Gasteiger charge is 2.20. The zero-order chi connectivity index (χ0) is 24.2. The number of benzene rings is 2. The lowest BCUT2D eigenvalue weighted by atomic mass is 10.0. The number of carbonyl (C=O) groups is 2. The molecule has 0 spiro atoms. The van der Waals surface area contributed by atoms with E-state index in [1.807, 2.05) is 16.8 Å². The number of nitrogens with zero attached hydrogens (tertiary/aromatic N) is 2. The molecule has 0 atom stereocenters. The molecule has 2 aromatic carbocycles. The maximum Gasteiger partial charge on any atom is 0.198 e. The molecule has 6 nitrogen and oxygen atoms in total. The average Bonchev–Trinajstić information content (AvgIpc) is 3.47. The van der Waals surface area contributed by atoms with Crippen molar-refractivity contribution in [3.8, 4) is 22.8 Å². The van der Waals surface area contributed by atoms with Crippen LogP contribution < -0.4 is 9.47 Å². The van der Waals surface area contributed by atoms with E-state index in [-0.39, 0.29) is 24.4 Å². The van der Waals surface area contributed by atoms with E-state index in [2.05, 4.69) is 31.4 Å². The Morgan fingerprint density at radius 1 is 1.03 bits per heavy atom. The topological polar surface area (TPSA) is 70.4 Å². The molecular formula is C27H28N2O4S. The molecule has 0 saturated heterocycles. The molecule has 0 aliphatic heterocycles. The van der Waals surface area contributed by atoms with Gasteiger partial charge in [-0.25, -0.2) is 4.98 Å². The van der Waals surface area contributed by atoms with Gasteiger partial charge in [-0.15, -0.1) is 11.3 Å². The zero-order valence-corrected chi connectivity index (χ0v) is 20.7. The minimum Gasteiger partial charge on any atom is -0.493 e. The van der Waals surface area contributed by atoms with Crippen LogP contribution in [0.1, 0.15) is 52.7 Å². The number of Topliss-reactive ketones (excluding diaryl/α,β-unsaturated/α-hetero) is 2. The van der Waals surface area contributed by atoms with Crippen molar-refractivity contribution in [1.82, 2.24) is 9.55 Å². The minimum atomic E-state index is -0.135. The zero-order valence-electron chi connectivity index (χ0n) is 19.9. The molecule has 0 bridgehead atoms. The number of methoxy groups -OCH3 is 2. The van der Waals surface area contributed by atoms with Gasteiger partial charge in [-0.05, 0) is 37.1 Å². The molecule has 176 valence electrons. The summed E-state index contributed by atoms with van der Waals surface area (Å²) in [7, 11) is 3.07. The highest BCUT2D eigenvalue weighted by molar-refractivity contribution is 7.18. The fourth-order valence-electron chi connectivity index (χ4n) is 4.07. The summed E-state index contributed by atoms with van der Waals surface area (Å²) in [4.78, 5) is 30.6. The normalized spacial score (nSPS) is 11.1. The lowest BCUT2D eigenvalue weighted by molar-refractivity contribution is 0.0909. The number of rotatable bonds is 10.